The number of hydrogen-bond donors (Lipinski definition) is 2. The van der Waals surface area contributed by atoms with Crippen LogP contribution < -0.4 is 5.32 Å². The number of allylic oxidation sites excluding steroid dienone is 17. The number of esters is 1. The number of rotatable bonds is 52. The molecule has 0 rings (SSSR count). The number of amides is 1. The lowest BCUT2D eigenvalue weighted by Crippen LogP contribution is -2.47. The number of carbonyl (C=O) groups is 2. The van der Waals surface area contributed by atoms with Crippen molar-refractivity contribution in [3.8, 4) is 0 Å². The smallest absolute Gasteiger partial charge is 0.456 e. The number of quaternary nitrogens is 1. The fourth-order valence-corrected chi connectivity index (χ4v) is 8.59. The second kappa shape index (κ2) is 53.1. The number of ether oxygens (including phenoxy) is 1. The lowest BCUT2D eigenvalue weighted by atomic mass is 10.1. The van der Waals surface area contributed by atoms with Crippen LogP contribution in [0, 0.1) is 0 Å². The van der Waals surface area contributed by atoms with Crippen LogP contribution in [0.2, 0.25) is 0 Å². The zero-order chi connectivity index (χ0) is 54.3. The van der Waals surface area contributed by atoms with Crippen LogP contribution in [0.4, 0.5) is 0 Å². The molecule has 0 aliphatic heterocycles. The van der Waals surface area contributed by atoms with Gasteiger partial charge in [-0.1, -0.05) is 214 Å². The van der Waals surface area contributed by atoms with Gasteiger partial charge in [-0.05, 0) is 115 Å². The van der Waals surface area contributed by atoms with Crippen molar-refractivity contribution in [3.63, 3.8) is 0 Å². The Morgan fingerprint density at radius 2 is 0.865 bits per heavy atom. The first-order valence-electron chi connectivity index (χ1n) is 29.7. The van der Waals surface area contributed by atoms with E-state index in [0.29, 0.717) is 23.9 Å². The summed E-state index contributed by atoms with van der Waals surface area (Å²) < 4.78 is 30.6. The minimum absolute atomic E-state index is 0.0239. The van der Waals surface area contributed by atoms with Gasteiger partial charge in [0.1, 0.15) is 19.3 Å². The zero-order valence-electron chi connectivity index (χ0n) is 48.3. The van der Waals surface area contributed by atoms with Gasteiger partial charge in [0.2, 0.25) is 5.91 Å². The predicted octanol–water partition coefficient (Wildman–Crippen LogP) is 18.2. The van der Waals surface area contributed by atoms with E-state index in [-0.39, 0.29) is 37.9 Å². The Balaban J connectivity index is 5.43. The number of carbonyl (C=O) groups excluding carboxylic acids is 2. The first-order valence-corrected chi connectivity index (χ1v) is 31.2. The summed E-state index contributed by atoms with van der Waals surface area (Å²) in [7, 11) is 1.44. The number of phosphoric acid groups is 1. The second-order valence-electron chi connectivity index (χ2n) is 20.8. The molecule has 0 bridgehead atoms. The van der Waals surface area contributed by atoms with Crippen molar-refractivity contribution in [1.29, 1.82) is 0 Å². The van der Waals surface area contributed by atoms with Gasteiger partial charge >= 0.3 is 13.8 Å². The lowest BCUT2D eigenvalue weighted by molar-refractivity contribution is -0.870. The summed E-state index contributed by atoms with van der Waals surface area (Å²) in [6.45, 7) is 6.81. The van der Waals surface area contributed by atoms with Crippen molar-refractivity contribution in [2.45, 2.75) is 245 Å². The molecular weight excluding hydrogens is 940 g/mol. The molecule has 0 aromatic heterocycles. The van der Waals surface area contributed by atoms with E-state index in [0.717, 1.165) is 109 Å². The SMILES string of the molecule is CC/C=C\C/C=C\C/C=C\C/C=C\C/C=C\CCCCCC(=O)NC(COP(=O)(O)OCC[N+](C)(C)C)C(/C=C/CCCCCCCCCCCC)OC(=O)CCCCCC/C=C\C/C=C\C/C=C\CCCCC. The summed E-state index contributed by atoms with van der Waals surface area (Å²) in [5.74, 6) is -0.575. The monoisotopic (exact) mass is 1050 g/mol. The van der Waals surface area contributed by atoms with E-state index in [2.05, 4.69) is 123 Å². The van der Waals surface area contributed by atoms with Gasteiger partial charge in [-0.2, -0.15) is 0 Å². The van der Waals surface area contributed by atoms with Gasteiger partial charge < -0.3 is 19.4 Å². The van der Waals surface area contributed by atoms with Crippen LogP contribution in [-0.4, -0.2) is 74.3 Å². The number of nitrogens with zero attached hydrogens (tertiary/aromatic N) is 1. The van der Waals surface area contributed by atoms with Gasteiger partial charge in [0, 0.05) is 12.8 Å². The molecule has 0 aliphatic carbocycles. The third-order valence-corrected chi connectivity index (χ3v) is 13.4. The summed E-state index contributed by atoms with van der Waals surface area (Å²) in [5, 5.41) is 3.02. The summed E-state index contributed by atoms with van der Waals surface area (Å²) >= 11 is 0. The minimum atomic E-state index is -4.47. The summed E-state index contributed by atoms with van der Waals surface area (Å²) in [5.41, 5.74) is 0. The number of unbranched alkanes of at least 4 members (excludes halogenated alkanes) is 20. The highest BCUT2D eigenvalue weighted by Crippen LogP contribution is 2.43. The van der Waals surface area contributed by atoms with Gasteiger partial charge in [0.15, 0.2) is 0 Å². The molecule has 10 heteroatoms. The molecule has 0 heterocycles. The zero-order valence-corrected chi connectivity index (χ0v) is 49.2. The molecule has 0 saturated carbocycles. The maximum atomic E-state index is 13.5. The quantitative estimate of drug-likeness (QED) is 0.0205. The molecule has 0 fully saturated rings. The molecule has 0 aromatic rings. The van der Waals surface area contributed by atoms with Crippen LogP contribution in [0.15, 0.2) is 109 Å². The van der Waals surface area contributed by atoms with Crippen molar-refractivity contribution in [3.05, 3.63) is 109 Å². The normalized spacial score (nSPS) is 14.5. The highest BCUT2D eigenvalue weighted by molar-refractivity contribution is 7.47. The molecule has 0 aliphatic rings. The predicted molar refractivity (Wildman–Crippen MR) is 318 cm³/mol. The van der Waals surface area contributed by atoms with Gasteiger partial charge in [-0.25, -0.2) is 4.57 Å². The van der Waals surface area contributed by atoms with E-state index < -0.39 is 20.0 Å². The van der Waals surface area contributed by atoms with E-state index in [9.17, 15) is 19.0 Å². The van der Waals surface area contributed by atoms with Crippen molar-refractivity contribution in [2.24, 2.45) is 0 Å². The van der Waals surface area contributed by atoms with E-state index in [4.69, 9.17) is 13.8 Å². The van der Waals surface area contributed by atoms with Crippen LogP contribution in [0.25, 0.3) is 0 Å². The standard InChI is InChI=1S/C64H111N2O7P/c1-7-10-13-16-19-22-25-28-30-32-33-35-36-38-41-44-47-50-53-56-63(67)65-61(60-72-74(69,70)71-59-58-66(4,5)6)62(55-52-49-46-43-40-27-24-21-18-15-12-9-3)73-64(68)57-54-51-48-45-42-39-37-34-31-29-26-23-20-17-14-11-8-2/h10,13,19-20,22-23,28-31,33,35,37-39,41,52,55,61-62H,7-9,11-12,14-18,21,24-27,32,34,36,40,42-51,53-54,56-60H2,1-6H3,(H-,65,67,69,70)/p+1/b13-10-,22-19-,23-20-,30-28-,31-29-,35-33-,39-37-,41-38-,55-52+. The molecule has 3 atom stereocenters. The molecule has 0 aromatic carbocycles. The number of likely N-dealkylation sites (N-methyl/N-ethyl adjacent to an activating group) is 1. The Labute approximate surface area is 455 Å². The summed E-state index contributed by atoms with van der Waals surface area (Å²) in [4.78, 5) is 37.6. The maximum Gasteiger partial charge on any atom is 0.472 e. The third-order valence-electron chi connectivity index (χ3n) is 12.4. The molecule has 1 amide bonds. The first-order chi connectivity index (χ1) is 35.9. The Hall–Kier alpha value is -3.33. The van der Waals surface area contributed by atoms with Crippen molar-refractivity contribution >= 4 is 19.7 Å². The van der Waals surface area contributed by atoms with E-state index >= 15 is 0 Å². The van der Waals surface area contributed by atoms with Crippen LogP contribution in [0.1, 0.15) is 233 Å². The van der Waals surface area contributed by atoms with Crippen LogP contribution in [-0.2, 0) is 27.9 Å². The van der Waals surface area contributed by atoms with Crippen molar-refractivity contribution in [1.82, 2.24) is 5.32 Å². The van der Waals surface area contributed by atoms with Crippen LogP contribution >= 0.6 is 7.82 Å². The molecule has 2 N–H and O–H groups in total. The third kappa shape index (κ3) is 53.5. The van der Waals surface area contributed by atoms with Crippen molar-refractivity contribution < 1.29 is 37.3 Å². The molecule has 0 radical (unpaired) electrons. The van der Waals surface area contributed by atoms with E-state index in [1.807, 2.05) is 33.3 Å². The molecular formula is C64H112N2O7P+. The fourth-order valence-electron chi connectivity index (χ4n) is 7.85. The Kier molecular flexibility index (Phi) is 50.7. The lowest BCUT2D eigenvalue weighted by Gasteiger charge is -2.27. The Morgan fingerprint density at radius 1 is 0.486 bits per heavy atom. The van der Waals surface area contributed by atoms with E-state index in [1.165, 1.54) is 77.0 Å². The van der Waals surface area contributed by atoms with Gasteiger partial charge in [0.05, 0.1) is 33.8 Å². The molecule has 9 nitrogen and oxygen atoms in total. The average Bonchev–Trinajstić information content (AvgIpc) is 3.36. The highest BCUT2D eigenvalue weighted by Gasteiger charge is 2.30. The molecule has 424 valence electrons. The molecule has 74 heavy (non-hydrogen) atoms. The minimum Gasteiger partial charge on any atom is -0.456 e. The first kappa shape index (κ1) is 70.7. The van der Waals surface area contributed by atoms with Crippen LogP contribution in [0.3, 0.4) is 0 Å². The van der Waals surface area contributed by atoms with Crippen LogP contribution in [0.5, 0.6) is 0 Å². The molecule has 3 unspecified atom stereocenters. The summed E-state index contributed by atoms with van der Waals surface area (Å²) in [6.07, 6.45) is 72.2. The Bertz CT molecular complexity index is 1640. The maximum absolute atomic E-state index is 13.5. The van der Waals surface area contributed by atoms with E-state index in [1.54, 1.807) is 0 Å². The van der Waals surface area contributed by atoms with Gasteiger partial charge in [-0.15, -0.1) is 0 Å². The Morgan fingerprint density at radius 3 is 1.34 bits per heavy atom. The van der Waals surface area contributed by atoms with Gasteiger partial charge in [0.25, 0.3) is 0 Å². The van der Waals surface area contributed by atoms with Gasteiger partial charge in [-0.3, -0.25) is 18.6 Å². The number of phosphoric ester groups is 1. The highest BCUT2D eigenvalue weighted by atomic mass is 31.2. The van der Waals surface area contributed by atoms with Crippen molar-refractivity contribution in [2.75, 3.05) is 40.9 Å². The topological polar surface area (TPSA) is 111 Å². The average molecular weight is 1050 g/mol. The molecule has 0 spiro atoms. The molecule has 0 saturated heterocycles. The largest absolute Gasteiger partial charge is 0.472 e. The fraction of sp³-hybridized carbons (Fsp3) is 0.688. The number of nitrogens with one attached hydrogen (secondary N) is 1. The second-order valence-corrected chi connectivity index (χ2v) is 22.2. The summed E-state index contributed by atoms with van der Waals surface area (Å²) in [6, 6.07) is -0.882. The number of hydrogen-bond acceptors (Lipinski definition) is 6.